The summed E-state index contributed by atoms with van der Waals surface area (Å²) >= 11 is 0. The molecule has 3 rings (SSSR count). The van der Waals surface area contributed by atoms with E-state index in [1.165, 1.54) is 12.8 Å². The molecule has 0 spiro atoms. The monoisotopic (exact) mass is 258 g/mol. The molecule has 3 heterocycles. The maximum absolute atomic E-state index is 5.30. The molecule has 0 saturated carbocycles. The van der Waals surface area contributed by atoms with Crippen LogP contribution in [0.2, 0.25) is 0 Å². The molecule has 1 aliphatic rings. The number of hydrogen-bond acceptors (Lipinski definition) is 5. The molecule has 1 unspecified atom stereocenters. The van der Waals surface area contributed by atoms with E-state index in [1.54, 1.807) is 12.4 Å². The first-order valence-electron chi connectivity index (χ1n) is 6.85. The largest absolute Gasteiger partial charge is 0.339 e. The zero-order valence-corrected chi connectivity index (χ0v) is 10.9. The molecule has 1 saturated heterocycles. The molecule has 0 amide bonds. The molecular weight excluding hydrogens is 240 g/mol. The molecule has 0 aliphatic carbocycles. The van der Waals surface area contributed by atoms with Crippen molar-refractivity contribution in [3.8, 4) is 11.4 Å². The summed E-state index contributed by atoms with van der Waals surface area (Å²) in [5.74, 6) is 2.09. The van der Waals surface area contributed by atoms with E-state index in [0.29, 0.717) is 5.82 Å². The van der Waals surface area contributed by atoms with Crippen molar-refractivity contribution in [2.24, 2.45) is 5.92 Å². The van der Waals surface area contributed by atoms with Crippen molar-refractivity contribution in [1.82, 2.24) is 20.4 Å². The Balaban J connectivity index is 1.59. The van der Waals surface area contributed by atoms with Gasteiger partial charge in [0.05, 0.1) is 0 Å². The molecule has 1 atom stereocenters. The maximum atomic E-state index is 5.30. The lowest BCUT2D eigenvalue weighted by Gasteiger charge is -2.21. The highest BCUT2D eigenvalue weighted by molar-refractivity contribution is 5.51. The van der Waals surface area contributed by atoms with Gasteiger partial charge in [0, 0.05) is 24.4 Å². The van der Waals surface area contributed by atoms with E-state index in [9.17, 15) is 0 Å². The Bertz CT molecular complexity index is 505. The van der Waals surface area contributed by atoms with Crippen LogP contribution in [0.4, 0.5) is 0 Å². The standard InChI is InChI=1S/C14H18N4O/c1-3-11(9-15-7-1)5-6-13-17-14(18-19-13)12-4-2-8-16-10-12/h2,4,8,10-11,15H,1,3,5-7,9H2. The molecule has 1 fully saturated rings. The van der Waals surface area contributed by atoms with Crippen LogP contribution in [0.25, 0.3) is 11.4 Å². The number of hydrogen-bond donors (Lipinski definition) is 1. The second kappa shape index (κ2) is 5.93. The molecule has 0 aromatic carbocycles. The average molecular weight is 258 g/mol. The van der Waals surface area contributed by atoms with E-state index in [-0.39, 0.29) is 0 Å². The van der Waals surface area contributed by atoms with Crippen LogP contribution in [0.3, 0.4) is 0 Å². The van der Waals surface area contributed by atoms with E-state index >= 15 is 0 Å². The number of nitrogens with one attached hydrogen (secondary N) is 1. The SMILES string of the molecule is c1cncc(-c2noc(CCC3CCCNC3)n2)c1. The normalized spacial score (nSPS) is 19.5. The Kier molecular flexibility index (Phi) is 3.83. The minimum Gasteiger partial charge on any atom is -0.339 e. The summed E-state index contributed by atoms with van der Waals surface area (Å²) in [5, 5.41) is 7.44. The Hall–Kier alpha value is -1.75. The van der Waals surface area contributed by atoms with Crippen molar-refractivity contribution in [2.75, 3.05) is 13.1 Å². The van der Waals surface area contributed by atoms with Crippen LogP contribution in [-0.2, 0) is 6.42 Å². The fourth-order valence-electron chi connectivity index (χ4n) is 2.47. The summed E-state index contributed by atoms with van der Waals surface area (Å²) in [4.78, 5) is 8.49. The lowest BCUT2D eigenvalue weighted by molar-refractivity contribution is 0.327. The van der Waals surface area contributed by atoms with Crippen molar-refractivity contribution < 1.29 is 4.52 Å². The molecule has 2 aromatic heterocycles. The molecule has 5 nitrogen and oxygen atoms in total. The quantitative estimate of drug-likeness (QED) is 0.909. The van der Waals surface area contributed by atoms with Gasteiger partial charge in [-0.3, -0.25) is 4.98 Å². The summed E-state index contributed by atoms with van der Waals surface area (Å²) in [6.07, 6.45) is 8.04. The summed E-state index contributed by atoms with van der Waals surface area (Å²) < 4.78 is 5.30. The third-order valence-electron chi connectivity index (χ3n) is 3.55. The Morgan fingerprint density at radius 2 is 2.42 bits per heavy atom. The van der Waals surface area contributed by atoms with Crippen molar-refractivity contribution in [3.05, 3.63) is 30.4 Å². The van der Waals surface area contributed by atoms with E-state index < -0.39 is 0 Å². The number of piperidine rings is 1. The topological polar surface area (TPSA) is 63.8 Å². The second-order valence-electron chi connectivity index (χ2n) is 5.00. The molecule has 5 heteroatoms. The van der Waals surface area contributed by atoms with Crippen LogP contribution in [0.1, 0.15) is 25.2 Å². The minimum atomic E-state index is 0.630. The summed E-state index contributed by atoms with van der Waals surface area (Å²) in [7, 11) is 0. The third kappa shape index (κ3) is 3.17. The van der Waals surface area contributed by atoms with Crippen LogP contribution < -0.4 is 5.32 Å². The van der Waals surface area contributed by atoms with Crippen LogP contribution in [0.5, 0.6) is 0 Å². The van der Waals surface area contributed by atoms with Crippen molar-refractivity contribution in [3.63, 3.8) is 0 Å². The minimum absolute atomic E-state index is 0.630. The van der Waals surface area contributed by atoms with E-state index in [1.807, 2.05) is 12.1 Å². The Labute approximate surface area is 112 Å². The predicted octanol–water partition coefficient (Wildman–Crippen LogP) is 2.06. The second-order valence-corrected chi connectivity index (χ2v) is 5.00. The van der Waals surface area contributed by atoms with Crippen LogP contribution in [0.15, 0.2) is 29.0 Å². The first-order chi connectivity index (χ1) is 9.42. The van der Waals surface area contributed by atoms with Gasteiger partial charge in [-0.1, -0.05) is 5.16 Å². The lowest BCUT2D eigenvalue weighted by Crippen LogP contribution is -2.29. The molecule has 0 radical (unpaired) electrons. The highest BCUT2D eigenvalue weighted by atomic mass is 16.5. The first-order valence-corrected chi connectivity index (χ1v) is 6.85. The summed E-state index contributed by atoms with van der Waals surface area (Å²) in [6.45, 7) is 2.27. The first kappa shape index (κ1) is 12.3. The van der Waals surface area contributed by atoms with Gasteiger partial charge in [-0.25, -0.2) is 0 Å². The van der Waals surface area contributed by atoms with E-state index in [2.05, 4.69) is 20.4 Å². The molecule has 1 N–H and O–H groups in total. The van der Waals surface area contributed by atoms with Gasteiger partial charge in [0.1, 0.15) is 0 Å². The number of nitrogens with zero attached hydrogens (tertiary/aromatic N) is 3. The lowest BCUT2D eigenvalue weighted by atomic mass is 9.95. The highest BCUT2D eigenvalue weighted by Gasteiger charge is 2.15. The van der Waals surface area contributed by atoms with Gasteiger partial charge in [0.25, 0.3) is 0 Å². The number of aryl methyl sites for hydroxylation is 1. The van der Waals surface area contributed by atoms with Gasteiger partial charge >= 0.3 is 0 Å². The van der Waals surface area contributed by atoms with Crippen molar-refractivity contribution in [2.45, 2.75) is 25.7 Å². The summed E-state index contributed by atoms with van der Waals surface area (Å²) in [5.41, 5.74) is 0.900. The van der Waals surface area contributed by atoms with Gasteiger partial charge in [-0.2, -0.15) is 4.98 Å². The smallest absolute Gasteiger partial charge is 0.226 e. The zero-order chi connectivity index (χ0) is 12.9. The van der Waals surface area contributed by atoms with Crippen molar-refractivity contribution in [1.29, 1.82) is 0 Å². The summed E-state index contributed by atoms with van der Waals surface area (Å²) in [6, 6.07) is 3.81. The molecule has 1 aliphatic heterocycles. The average Bonchev–Trinajstić information content (AvgIpc) is 2.96. The Morgan fingerprint density at radius 3 is 3.21 bits per heavy atom. The predicted molar refractivity (Wildman–Crippen MR) is 71.4 cm³/mol. The number of rotatable bonds is 4. The maximum Gasteiger partial charge on any atom is 0.226 e. The van der Waals surface area contributed by atoms with Gasteiger partial charge in [0.15, 0.2) is 0 Å². The molecule has 19 heavy (non-hydrogen) atoms. The zero-order valence-electron chi connectivity index (χ0n) is 10.9. The third-order valence-corrected chi connectivity index (χ3v) is 3.55. The van der Waals surface area contributed by atoms with Crippen molar-refractivity contribution >= 4 is 0 Å². The fraction of sp³-hybridized carbons (Fsp3) is 0.500. The Morgan fingerprint density at radius 1 is 1.42 bits per heavy atom. The molecule has 100 valence electrons. The molecule has 0 bridgehead atoms. The number of pyridine rings is 1. The number of aromatic nitrogens is 3. The van der Waals surface area contributed by atoms with E-state index in [0.717, 1.165) is 43.3 Å². The van der Waals surface area contributed by atoms with Crippen LogP contribution >= 0.6 is 0 Å². The highest BCUT2D eigenvalue weighted by Crippen LogP contribution is 2.18. The van der Waals surface area contributed by atoms with E-state index in [4.69, 9.17) is 4.52 Å². The van der Waals surface area contributed by atoms with Gasteiger partial charge < -0.3 is 9.84 Å². The van der Waals surface area contributed by atoms with Gasteiger partial charge in [0.2, 0.25) is 11.7 Å². The van der Waals surface area contributed by atoms with Crippen LogP contribution in [0, 0.1) is 5.92 Å². The molecular formula is C14H18N4O. The molecule has 2 aromatic rings. The fourth-order valence-corrected chi connectivity index (χ4v) is 2.47. The van der Waals surface area contributed by atoms with Gasteiger partial charge in [-0.15, -0.1) is 0 Å². The van der Waals surface area contributed by atoms with Gasteiger partial charge in [-0.05, 0) is 50.4 Å². The van der Waals surface area contributed by atoms with Crippen LogP contribution in [-0.4, -0.2) is 28.2 Å².